The minimum Gasteiger partial charge on any atom is -0.481 e. The molecule has 0 aliphatic rings. The molecule has 1 aromatic heterocycles. The molecule has 0 spiro atoms. The summed E-state index contributed by atoms with van der Waals surface area (Å²) in [6.45, 7) is 8.96. The number of amides is 1. The van der Waals surface area contributed by atoms with E-state index in [0.29, 0.717) is 5.56 Å². The Morgan fingerprint density at radius 3 is 2.47 bits per heavy atom. The highest BCUT2D eigenvalue weighted by atomic mass is 19.1. The molecule has 0 aliphatic carbocycles. The molecule has 3 rings (SSSR count). The summed E-state index contributed by atoms with van der Waals surface area (Å²) in [5.41, 5.74) is 1.33. The van der Waals surface area contributed by atoms with Crippen LogP contribution in [-0.2, 0) is 4.79 Å². The van der Waals surface area contributed by atoms with Gasteiger partial charge in [-0.05, 0) is 49.9 Å². The lowest BCUT2D eigenvalue weighted by Crippen LogP contribution is -2.38. The number of aliphatic carboxylic acids is 1. The number of aliphatic hydroxyl groups is 1. The van der Waals surface area contributed by atoms with Crippen LogP contribution in [0.15, 0.2) is 48.5 Å². The van der Waals surface area contributed by atoms with E-state index in [2.05, 4.69) is 10.4 Å². The number of carbonyl (C=O) groups excluding carboxylic acids is 1. The van der Waals surface area contributed by atoms with E-state index in [4.69, 9.17) is 4.74 Å². The van der Waals surface area contributed by atoms with Crippen molar-refractivity contribution in [2.75, 3.05) is 6.61 Å². The Morgan fingerprint density at radius 2 is 1.86 bits per heavy atom. The number of hydrogen-bond donors (Lipinski definition) is 3. The average molecular weight is 498 g/mol. The van der Waals surface area contributed by atoms with E-state index in [0.717, 1.165) is 15.8 Å². The molecule has 9 heteroatoms. The van der Waals surface area contributed by atoms with Gasteiger partial charge in [-0.3, -0.25) is 9.59 Å². The Bertz CT molecular complexity index is 1250. The number of nitrogens with one attached hydrogen (secondary N) is 1. The van der Waals surface area contributed by atoms with Crippen LogP contribution in [0.2, 0.25) is 0 Å². The maximum Gasteiger partial charge on any atom is 0.305 e. The highest BCUT2D eigenvalue weighted by molar-refractivity contribution is 5.93. The van der Waals surface area contributed by atoms with Crippen LogP contribution in [0.4, 0.5) is 4.39 Å². The third-order valence-corrected chi connectivity index (χ3v) is 6.23. The molecular weight excluding hydrogens is 465 g/mol. The molecule has 0 saturated heterocycles. The van der Waals surface area contributed by atoms with Crippen molar-refractivity contribution in [3.05, 3.63) is 76.7 Å². The van der Waals surface area contributed by atoms with Crippen molar-refractivity contribution in [3.8, 4) is 11.6 Å². The maximum atomic E-state index is 14.6. The lowest BCUT2D eigenvalue weighted by molar-refractivity contribution is -0.137. The van der Waals surface area contributed by atoms with Crippen molar-refractivity contribution in [3.63, 3.8) is 0 Å². The Balaban J connectivity index is 1.96. The lowest BCUT2D eigenvalue weighted by atomic mass is 9.94. The van der Waals surface area contributed by atoms with E-state index in [1.54, 1.807) is 19.1 Å². The molecule has 0 radical (unpaired) electrons. The van der Waals surface area contributed by atoms with Crippen LogP contribution < -0.4 is 10.1 Å². The number of rotatable bonds is 10. The SMILES string of the molecule is Cc1ccc([C@H](CC(=O)O)NC(=O)c2cc(OCC(C)(O)C(C)C)n(-c3ccccc3F)n2)c(C)c1. The monoisotopic (exact) mass is 497 g/mol. The van der Waals surface area contributed by atoms with Crippen molar-refractivity contribution in [2.24, 2.45) is 5.92 Å². The molecule has 2 aromatic carbocycles. The van der Waals surface area contributed by atoms with Crippen LogP contribution in [-0.4, -0.2) is 44.1 Å². The summed E-state index contributed by atoms with van der Waals surface area (Å²) in [5.74, 6) is -2.35. The number of ether oxygens (including phenoxy) is 1. The molecule has 8 nitrogen and oxygen atoms in total. The largest absolute Gasteiger partial charge is 0.481 e. The van der Waals surface area contributed by atoms with Gasteiger partial charge in [0.15, 0.2) is 5.69 Å². The second-order valence-electron chi connectivity index (χ2n) is 9.52. The lowest BCUT2D eigenvalue weighted by Gasteiger charge is -2.27. The van der Waals surface area contributed by atoms with Gasteiger partial charge in [0.25, 0.3) is 5.91 Å². The van der Waals surface area contributed by atoms with Gasteiger partial charge in [-0.1, -0.05) is 49.7 Å². The van der Waals surface area contributed by atoms with Crippen LogP contribution in [0.3, 0.4) is 0 Å². The summed E-state index contributed by atoms with van der Waals surface area (Å²) in [6.07, 6.45) is -0.329. The molecule has 0 fully saturated rings. The van der Waals surface area contributed by atoms with Crippen molar-refractivity contribution in [2.45, 2.75) is 52.7 Å². The molecule has 0 saturated carbocycles. The normalized spacial score (nSPS) is 13.8. The zero-order valence-electron chi connectivity index (χ0n) is 21.1. The maximum absolute atomic E-state index is 14.6. The van der Waals surface area contributed by atoms with Gasteiger partial charge in [0.1, 0.15) is 18.1 Å². The minimum atomic E-state index is -1.18. The molecule has 192 valence electrons. The second kappa shape index (κ2) is 10.9. The average Bonchev–Trinajstić information content (AvgIpc) is 3.21. The highest BCUT2D eigenvalue weighted by Gasteiger charge is 2.28. The van der Waals surface area contributed by atoms with Crippen molar-refractivity contribution in [1.29, 1.82) is 0 Å². The standard InChI is InChI=1S/C27H32FN3O5/c1-16(2)27(5,35)15-36-24-13-22(30-31(24)23-9-7-6-8-20(23)28)26(34)29-21(14-25(32)33)19-11-10-17(3)12-18(19)4/h6-13,16,21,35H,14-15H2,1-5H3,(H,29,34)(H,32,33)/t21-,27?/m0/s1. The summed E-state index contributed by atoms with van der Waals surface area (Å²) in [6, 6.07) is 12.0. The number of benzene rings is 2. The Morgan fingerprint density at radius 1 is 1.17 bits per heavy atom. The number of aryl methyl sites for hydroxylation is 2. The Kier molecular flexibility index (Phi) is 8.14. The van der Waals surface area contributed by atoms with Gasteiger partial charge in [0, 0.05) is 6.07 Å². The number of carboxylic acid groups (broad SMARTS) is 1. The van der Waals surface area contributed by atoms with Crippen molar-refractivity contribution in [1.82, 2.24) is 15.1 Å². The Hall–Kier alpha value is -3.72. The summed E-state index contributed by atoms with van der Waals surface area (Å²) >= 11 is 0. The quantitative estimate of drug-likeness (QED) is 0.384. The van der Waals surface area contributed by atoms with Gasteiger partial charge in [-0.25, -0.2) is 4.39 Å². The number of carboxylic acids is 1. The molecule has 1 heterocycles. The summed E-state index contributed by atoms with van der Waals surface area (Å²) < 4.78 is 21.5. The highest BCUT2D eigenvalue weighted by Crippen LogP contribution is 2.26. The van der Waals surface area contributed by atoms with E-state index in [9.17, 15) is 24.2 Å². The topological polar surface area (TPSA) is 114 Å². The molecule has 0 bridgehead atoms. The second-order valence-corrected chi connectivity index (χ2v) is 9.52. The Labute approximate surface area is 209 Å². The van der Waals surface area contributed by atoms with Gasteiger partial charge in [-0.2, -0.15) is 9.78 Å². The van der Waals surface area contributed by atoms with E-state index in [-0.39, 0.29) is 36.2 Å². The number of halogens is 1. The first-order chi connectivity index (χ1) is 16.9. The van der Waals surface area contributed by atoms with Crippen LogP contribution in [0.5, 0.6) is 5.88 Å². The van der Waals surface area contributed by atoms with Gasteiger partial charge < -0.3 is 20.3 Å². The van der Waals surface area contributed by atoms with Gasteiger partial charge in [0.2, 0.25) is 5.88 Å². The molecule has 36 heavy (non-hydrogen) atoms. The third kappa shape index (κ3) is 6.28. The van der Waals surface area contributed by atoms with Gasteiger partial charge >= 0.3 is 5.97 Å². The van der Waals surface area contributed by atoms with Crippen LogP contribution in [0, 0.1) is 25.6 Å². The smallest absolute Gasteiger partial charge is 0.305 e. The first-order valence-corrected chi connectivity index (χ1v) is 11.7. The number of nitrogens with zero attached hydrogens (tertiary/aromatic N) is 2. The molecule has 2 atom stereocenters. The van der Waals surface area contributed by atoms with E-state index < -0.39 is 29.3 Å². The van der Waals surface area contributed by atoms with Crippen LogP contribution >= 0.6 is 0 Å². The summed E-state index contributed by atoms with van der Waals surface area (Å²) in [5, 5.41) is 27.0. The molecule has 0 aliphatic heterocycles. The number of hydrogen-bond acceptors (Lipinski definition) is 5. The third-order valence-electron chi connectivity index (χ3n) is 6.23. The zero-order valence-corrected chi connectivity index (χ0v) is 21.1. The van der Waals surface area contributed by atoms with Gasteiger partial charge in [-0.15, -0.1) is 0 Å². The van der Waals surface area contributed by atoms with E-state index >= 15 is 0 Å². The van der Waals surface area contributed by atoms with Gasteiger partial charge in [0.05, 0.1) is 18.1 Å². The summed E-state index contributed by atoms with van der Waals surface area (Å²) in [7, 11) is 0. The number of para-hydroxylation sites is 1. The molecule has 1 unspecified atom stereocenters. The minimum absolute atomic E-state index is 0.0622. The molecule has 1 amide bonds. The predicted octanol–water partition coefficient (Wildman–Crippen LogP) is 4.36. The fourth-order valence-electron chi connectivity index (χ4n) is 3.62. The van der Waals surface area contributed by atoms with E-state index in [1.165, 1.54) is 24.3 Å². The van der Waals surface area contributed by atoms with E-state index in [1.807, 2.05) is 39.8 Å². The van der Waals surface area contributed by atoms with Crippen LogP contribution in [0.25, 0.3) is 5.69 Å². The molecular formula is C27H32FN3O5. The molecule has 3 aromatic rings. The fourth-order valence-corrected chi connectivity index (χ4v) is 3.62. The van der Waals surface area contributed by atoms with Crippen molar-refractivity contribution < 1.29 is 28.9 Å². The number of carbonyl (C=O) groups is 2. The molecule has 3 N–H and O–H groups in total. The van der Waals surface area contributed by atoms with Crippen LogP contribution in [0.1, 0.15) is 60.4 Å². The zero-order chi connectivity index (χ0) is 26.6. The van der Waals surface area contributed by atoms with Crippen molar-refractivity contribution >= 4 is 11.9 Å². The summed E-state index contributed by atoms with van der Waals surface area (Å²) in [4.78, 5) is 24.7. The fraction of sp³-hybridized carbons (Fsp3) is 0.370. The predicted molar refractivity (Wildman–Crippen MR) is 133 cm³/mol. The first-order valence-electron chi connectivity index (χ1n) is 11.7. The first kappa shape index (κ1) is 26.9. The number of aromatic nitrogens is 2.